The van der Waals surface area contributed by atoms with E-state index >= 15 is 0 Å². The Labute approximate surface area is 234 Å². The van der Waals surface area contributed by atoms with Gasteiger partial charge < -0.3 is 29.2 Å². The first-order valence-corrected chi connectivity index (χ1v) is 13.8. The van der Waals surface area contributed by atoms with Crippen LogP contribution < -0.4 is 9.47 Å². The smallest absolute Gasteiger partial charge is 0.342 e. The van der Waals surface area contributed by atoms with Crippen molar-refractivity contribution in [3.05, 3.63) is 76.3 Å². The molecule has 0 bridgehead atoms. The molecule has 1 atom stereocenters. The molecule has 1 heterocycles. The van der Waals surface area contributed by atoms with Gasteiger partial charge in [-0.1, -0.05) is 63.4 Å². The van der Waals surface area contributed by atoms with E-state index in [4.69, 9.17) is 18.9 Å². The molecule has 8 heteroatoms. The van der Waals surface area contributed by atoms with Gasteiger partial charge in [-0.25, -0.2) is 9.59 Å². The number of ether oxygens (including phenoxy) is 4. The van der Waals surface area contributed by atoms with Gasteiger partial charge in [0.25, 0.3) is 0 Å². The van der Waals surface area contributed by atoms with Gasteiger partial charge >= 0.3 is 11.9 Å². The zero-order valence-electron chi connectivity index (χ0n) is 23.2. The standard InChI is InChI=1S/C32H36O8/c1-4-6-9-14-22-28(31(35)38-19-20-12-10-8-11-13-20)24(33)18-25(34)30(22)39-27-17-21(37-3)16-23-26(15-7-5-2)40-32(36)29(23)27/h8,10-13,16-18,26,33-34H,4-7,9,14-15,19H2,1-3H3. The lowest BCUT2D eigenvalue weighted by Gasteiger charge is -2.19. The van der Waals surface area contributed by atoms with Crippen LogP contribution in [0.15, 0.2) is 48.5 Å². The molecule has 2 N–H and O–H groups in total. The number of hydrogen-bond acceptors (Lipinski definition) is 8. The summed E-state index contributed by atoms with van der Waals surface area (Å²) < 4.78 is 22.9. The van der Waals surface area contributed by atoms with Crippen molar-refractivity contribution in [1.82, 2.24) is 0 Å². The van der Waals surface area contributed by atoms with Gasteiger partial charge in [0.1, 0.15) is 41.1 Å². The molecule has 3 aromatic rings. The average Bonchev–Trinajstić information content (AvgIpc) is 3.28. The van der Waals surface area contributed by atoms with E-state index in [0.717, 1.165) is 37.3 Å². The first-order chi connectivity index (χ1) is 19.4. The lowest BCUT2D eigenvalue weighted by molar-refractivity contribution is 0.0361. The molecule has 0 aliphatic carbocycles. The molecule has 0 saturated heterocycles. The number of phenolic OH excluding ortho intramolecular Hbond substituents is 2. The molecule has 212 valence electrons. The second-order valence-electron chi connectivity index (χ2n) is 9.84. The fourth-order valence-electron chi connectivity index (χ4n) is 4.86. The maximum absolute atomic E-state index is 13.3. The van der Waals surface area contributed by atoms with E-state index in [9.17, 15) is 19.8 Å². The minimum Gasteiger partial charge on any atom is -0.507 e. The number of benzene rings is 3. The Morgan fingerprint density at radius 1 is 0.975 bits per heavy atom. The van der Waals surface area contributed by atoms with Crippen LogP contribution in [0.1, 0.15) is 95.9 Å². The topological polar surface area (TPSA) is 112 Å². The van der Waals surface area contributed by atoms with Crippen LogP contribution in [0, 0.1) is 0 Å². The van der Waals surface area contributed by atoms with Crippen molar-refractivity contribution >= 4 is 11.9 Å². The molecular weight excluding hydrogens is 512 g/mol. The number of methoxy groups -OCH3 is 1. The quantitative estimate of drug-likeness (QED) is 0.168. The van der Waals surface area contributed by atoms with E-state index in [2.05, 4.69) is 6.92 Å². The highest BCUT2D eigenvalue weighted by molar-refractivity contribution is 5.98. The van der Waals surface area contributed by atoms with Gasteiger partial charge in [0.15, 0.2) is 11.5 Å². The molecule has 40 heavy (non-hydrogen) atoms. The summed E-state index contributed by atoms with van der Waals surface area (Å²) >= 11 is 0. The van der Waals surface area contributed by atoms with E-state index in [1.807, 2.05) is 37.3 Å². The second kappa shape index (κ2) is 13.2. The van der Waals surface area contributed by atoms with Crippen LogP contribution >= 0.6 is 0 Å². The van der Waals surface area contributed by atoms with Crippen molar-refractivity contribution < 1.29 is 38.7 Å². The Kier molecular flexibility index (Phi) is 9.53. The molecule has 1 unspecified atom stereocenters. The predicted molar refractivity (Wildman–Crippen MR) is 149 cm³/mol. The molecule has 0 amide bonds. The number of aromatic hydroxyl groups is 2. The number of rotatable bonds is 13. The lowest BCUT2D eigenvalue weighted by atomic mass is 9.97. The zero-order chi connectivity index (χ0) is 28.6. The van der Waals surface area contributed by atoms with Crippen LogP contribution in [0.25, 0.3) is 0 Å². The van der Waals surface area contributed by atoms with Crippen LogP contribution in [0.2, 0.25) is 0 Å². The van der Waals surface area contributed by atoms with Gasteiger partial charge in [0.05, 0.1) is 7.11 Å². The molecule has 8 nitrogen and oxygen atoms in total. The molecule has 3 aromatic carbocycles. The fraction of sp³-hybridized carbons (Fsp3) is 0.375. The summed E-state index contributed by atoms with van der Waals surface area (Å²) in [4.78, 5) is 26.2. The van der Waals surface area contributed by atoms with E-state index in [-0.39, 0.29) is 35.0 Å². The molecule has 0 radical (unpaired) electrons. The van der Waals surface area contributed by atoms with Gasteiger partial charge in [-0.2, -0.15) is 0 Å². The second-order valence-corrected chi connectivity index (χ2v) is 9.84. The molecule has 0 saturated carbocycles. The average molecular weight is 549 g/mol. The zero-order valence-corrected chi connectivity index (χ0v) is 23.2. The number of phenols is 2. The van der Waals surface area contributed by atoms with Gasteiger partial charge in [-0.3, -0.25) is 0 Å². The van der Waals surface area contributed by atoms with Gasteiger partial charge in [0, 0.05) is 23.3 Å². The third kappa shape index (κ3) is 6.33. The van der Waals surface area contributed by atoms with Gasteiger partial charge in [-0.05, 0) is 37.3 Å². The van der Waals surface area contributed by atoms with Gasteiger partial charge in [-0.15, -0.1) is 0 Å². The number of esters is 2. The summed E-state index contributed by atoms with van der Waals surface area (Å²) in [5.74, 6) is -1.48. The molecule has 0 aromatic heterocycles. The maximum Gasteiger partial charge on any atom is 0.342 e. The highest BCUT2D eigenvalue weighted by Gasteiger charge is 2.36. The van der Waals surface area contributed by atoms with Crippen LogP contribution in [0.4, 0.5) is 0 Å². The van der Waals surface area contributed by atoms with Crippen LogP contribution in [0.3, 0.4) is 0 Å². The fourth-order valence-corrected chi connectivity index (χ4v) is 4.86. The van der Waals surface area contributed by atoms with Crippen molar-refractivity contribution in [3.8, 4) is 28.7 Å². The summed E-state index contributed by atoms with van der Waals surface area (Å²) in [6.07, 6.45) is 4.83. The molecular formula is C32H36O8. The third-order valence-corrected chi connectivity index (χ3v) is 6.96. The first-order valence-electron chi connectivity index (χ1n) is 13.8. The number of cyclic esters (lactones) is 1. The van der Waals surface area contributed by atoms with E-state index < -0.39 is 23.8 Å². The minimum atomic E-state index is -0.743. The SMILES string of the molecule is CCCCCc1c(Oc2cc(OC)cc3c2C(=O)OC3CCCC)c(O)cc(O)c1C(=O)OCc1ccccc1. The number of fused-ring (bicyclic) bond motifs is 1. The lowest BCUT2D eigenvalue weighted by Crippen LogP contribution is -2.11. The Bertz CT molecular complexity index is 1350. The van der Waals surface area contributed by atoms with Gasteiger partial charge in [0.2, 0.25) is 0 Å². The Morgan fingerprint density at radius 2 is 1.73 bits per heavy atom. The highest BCUT2D eigenvalue weighted by atomic mass is 16.6. The molecule has 0 fully saturated rings. The maximum atomic E-state index is 13.3. The monoisotopic (exact) mass is 548 g/mol. The van der Waals surface area contributed by atoms with E-state index in [1.165, 1.54) is 7.11 Å². The van der Waals surface area contributed by atoms with Crippen LogP contribution in [-0.2, 0) is 22.5 Å². The first kappa shape index (κ1) is 28.8. The number of unbranched alkanes of at least 4 members (excludes halogenated alkanes) is 3. The summed E-state index contributed by atoms with van der Waals surface area (Å²) in [5.41, 5.74) is 1.92. The van der Waals surface area contributed by atoms with Crippen LogP contribution in [-0.4, -0.2) is 29.3 Å². The number of carbonyl (C=O) groups is 2. The minimum absolute atomic E-state index is 0.0129. The van der Waals surface area contributed by atoms with Crippen molar-refractivity contribution in [3.63, 3.8) is 0 Å². The largest absolute Gasteiger partial charge is 0.507 e. The Morgan fingerprint density at radius 3 is 2.42 bits per heavy atom. The van der Waals surface area contributed by atoms with E-state index in [1.54, 1.807) is 12.1 Å². The van der Waals surface area contributed by atoms with Crippen molar-refractivity contribution in [2.24, 2.45) is 0 Å². The number of hydrogen-bond donors (Lipinski definition) is 2. The Hall–Kier alpha value is -4.20. The van der Waals surface area contributed by atoms with Crippen LogP contribution in [0.5, 0.6) is 28.7 Å². The summed E-state index contributed by atoms with van der Waals surface area (Å²) in [6, 6.07) is 13.6. The molecule has 1 aliphatic heterocycles. The summed E-state index contributed by atoms with van der Waals surface area (Å²) in [7, 11) is 1.51. The molecule has 0 spiro atoms. The number of carbonyl (C=O) groups excluding carboxylic acids is 2. The molecule has 1 aliphatic rings. The van der Waals surface area contributed by atoms with Crippen molar-refractivity contribution in [2.45, 2.75) is 71.5 Å². The summed E-state index contributed by atoms with van der Waals surface area (Å²) in [5, 5.41) is 21.7. The van der Waals surface area contributed by atoms with E-state index in [0.29, 0.717) is 36.1 Å². The predicted octanol–water partition coefficient (Wildman–Crippen LogP) is 7.39. The van der Waals surface area contributed by atoms with Crippen molar-refractivity contribution in [1.29, 1.82) is 0 Å². The third-order valence-electron chi connectivity index (χ3n) is 6.96. The van der Waals surface area contributed by atoms with Crippen molar-refractivity contribution in [2.75, 3.05) is 7.11 Å². The highest BCUT2D eigenvalue weighted by Crippen LogP contribution is 2.47. The molecule has 4 rings (SSSR count). The summed E-state index contributed by atoms with van der Waals surface area (Å²) in [6.45, 7) is 4.12. The normalized spacial score (nSPS) is 14.0. The Balaban J connectivity index is 1.76.